The molecular formula is C72H122NO8+. The minimum Gasteiger partial charge on any atom is -0.477 e. The fourth-order valence-electron chi connectivity index (χ4n) is 8.71. The fraction of sp³-hybridized carbons (Fsp3) is 0.681. The van der Waals surface area contributed by atoms with Gasteiger partial charge in [0.15, 0.2) is 6.10 Å². The van der Waals surface area contributed by atoms with Crippen molar-refractivity contribution in [2.45, 2.75) is 270 Å². The molecule has 9 nitrogen and oxygen atoms in total. The van der Waals surface area contributed by atoms with Crippen LogP contribution in [0.4, 0.5) is 0 Å². The summed E-state index contributed by atoms with van der Waals surface area (Å²) in [6.45, 7) is 4.74. The molecule has 0 amide bonds. The molecular weight excluding hydrogens is 1010 g/mol. The largest absolute Gasteiger partial charge is 0.477 e. The van der Waals surface area contributed by atoms with Crippen LogP contribution in [0.25, 0.3) is 0 Å². The zero-order valence-corrected chi connectivity index (χ0v) is 52.7. The average Bonchev–Trinajstić information content (AvgIpc) is 3.44. The monoisotopic (exact) mass is 1130 g/mol. The van der Waals surface area contributed by atoms with Gasteiger partial charge in [0.1, 0.15) is 13.2 Å². The van der Waals surface area contributed by atoms with Crippen molar-refractivity contribution in [3.63, 3.8) is 0 Å². The summed E-state index contributed by atoms with van der Waals surface area (Å²) in [4.78, 5) is 37.6. The first-order valence-electron chi connectivity index (χ1n) is 32.7. The molecule has 0 aliphatic carbocycles. The van der Waals surface area contributed by atoms with Crippen molar-refractivity contribution in [2.24, 2.45) is 0 Å². The molecule has 0 saturated heterocycles. The van der Waals surface area contributed by atoms with E-state index in [-0.39, 0.29) is 32.2 Å². The van der Waals surface area contributed by atoms with E-state index in [9.17, 15) is 19.5 Å². The topological polar surface area (TPSA) is 108 Å². The zero-order chi connectivity index (χ0) is 59.1. The Morgan fingerprint density at radius 2 is 0.704 bits per heavy atom. The summed E-state index contributed by atoms with van der Waals surface area (Å²) < 4.78 is 22.9. The second kappa shape index (κ2) is 61.8. The number of hydrogen-bond acceptors (Lipinski definition) is 7. The molecule has 2 unspecified atom stereocenters. The molecule has 2 atom stereocenters. The molecule has 0 fully saturated rings. The van der Waals surface area contributed by atoms with Gasteiger partial charge < -0.3 is 28.5 Å². The molecule has 0 spiro atoms. The highest BCUT2D eigenvalue weighted by Crippen LogP contribution is 2.16. The number of esters is 2. The van der Waals surface area contributed by atoms with Crippen molar-refractivity contribution in [2.75, 3.05) is 47.5 Å². The number of unbranched alkanes of at least 4 members (excludes halogenated alkanes) is 24. The van der Waals surface area contributed by atoms with Crippen molar-refractivity contribution in [1.29, 1.82) is 0 Å². The lowest BCUT2D eigenvalue weighted by molar-refractivity contribution is -0.870. The third-order valence-electron chi connectivity index (χ3n) is 13.7. The van der Waals surface area contributed by atoms with Crippen LogP contribution in [0.5, 0.6) is 0 Å². The molecule has 81 heavy (non-hydrogen) atoms. The highest BCUT2D eigenvalue weighted by Gasteiger charge is 2.25. The molecule has 0 radical (unpaired) electrons. The molecule has 0 rings (SSSR count). The van der Waals surface area contributed by atoms with Crippen molar-refractivity contribution in [3.05, 3.63) is 122 Å². The van der Waals surface area contributed by atoms with Crippen LogP contribution in [-0.2, 0) is 33.3 Å². The highest BCUT2D eigenvalue weighted by molar-refractivity contribution is 5.71. The highest BCUT2D eigenvalue weighted by atomic mass is 16.7. The summed E-state index contributed by atoms with van der Waals surface area (Å²) >= 11 is 0. The molecule has 0 heterocycles. The number of carbonyl (C=O) groups excluding carboxylic acids is 2. The van der Waals surface area contributed by atoms with Crippen LogP contribution in [0, 0.1) is 0 Å². The van der Waals surface area contributed by atoms with Crippen LogP contribution in [0.1, 0.15) is 258 Å². The Morgan fingerprint density at radius 3 is 1.05 bits per heavy atom. The van der Waals surface area contributed by atoms with E-state index in [0.717, 1.165) is 103 Å². The average molecular weight is 1130 g/mol. The van der Waals surface area contributed by atoms with Crippen LogP contribution in [0.15, 0.2) is 122 Å². The SMILES string of the molecule is CC/C=C\C/C=C\C/C=C\C/C=C\C/C=C\C/C=C\C/C=C\C/C=C\CCCCCCCCCCC(=O)OC(COC(=O)CCCCCCCCCCCCC/C=C\C/C=C\CCCCCCC)COC(OCC[N+](C)(C)C)C(=O)O. The first kappa shape index (κ1) is 76.7. The van der Waals surface area contributed by atoms with E-state index in [1.54, 1.807) is 0 Å². The first-order valence-corrected chi connectivity index (χ1v) is 32.7. The van der Waals surface area contributed by atoms with Gasteiger partial charge in [-0.05, 0) is 109 Å². The fourth-order valence-corrected chi connectivity index (χ4v) is 8.71. The van der Waals surface area contributed by atoms with Crippen molar-refractivity contribution >= 4 is 17.9 Å². The maximum Gasteiger partial charge on any atom is 0.361 e. The van der Waals surface area contributed by atoms with Crippen LogP contribution in [0.3, 0.4) is 0 Å². The molecule has 0 bridgehead atoms. The quantitative estimate of drug-likeness (QED) is 0.0211. The van der Waals surface area contributed by atoms with Crippen molar-refractivity contribution < 1.29 is 42.9 Å². The second-order valence-corrected chi connectivity index (χ2v) is 22.7. The van der Waals surface area contributed by atoms with E-state index in [1.165, 1.54) is 122 Å². The summed E-state index contributed by atoms with van der Waals surface area (Å²) in [5.74, 6) is -2.02. The van der Waals surface area contributed by atoms with E-state index < -0.39 is 24.3 Å². The number of ether oxygens (including phenoxy) is 4. The lowest BCUT2D eigenvalue weighted by atomic mass is 10.0. The van der Waals surface area contributed by atoms with Gasteiger partial charge in [-0.15, -0.1) is 0 Å². The molecule has 9 heteroatoms. The number of likely N-dealkylation sites (N-methyl/N-ethyl adjacent to an activating group) is 1. The minimum atomic E-state index is -1.52. The summed E-state index contributed by atoms with van der Waals surface area (Å²) in [5, 5.41) is 9.73. The number of quaternary nitrogens is 1. The lowest BCUT2D eigenvalue weighted by Gasteiger charge is -2.25. The van der Waals surface area contributed by atoms with Crippen molar-refractivity contribution in [1.82, 2.24) is 0 Å². The minimum absolute atomic E-state index is 0.180. The summed E-state index contributed by atoms with van der Waals surface area (Å²) in [5.41, 5.74) is 0. The number of carboxylic acid groups (broad SMARTS) is 1. The van der Waals surface area contributed by atoms with E-state index >= 15 is 0 Å². The molecule has 0 aliphatic rings. The zero-order valence-electron chi connectivity index (χ0n) is 52.7. The molecule has 0 saturated carbocycles. The maximum absolute atomic E-state index is 12.9. The third-order valence-corrected chi connectivity index (χ3v) is 13.7. The molecule has 0 aromatic heterocycles. The Morgan fingerprint density at radius 1 is 0.383 bits per heavy atom. The normalized spacial score (nSPS) is 13.5. The summed E-state index contributed by atoms with van der Waals surface area (Å²) in [7, 11) is 5.96. The molecule has 0 aliphatic heterocycles. The maximum atomic E-state index is 12.9. The van der Waals surface area contributed by atoms with Gasteiger partial charge in [0, 0.05) is 12.8 Å². The van der Waals surface area contributed by atoms with Gasteiger partial charge in [-0.1, -0.05) is 257 Å². The lowest BCUT2D eigenvalue weighted by Crippen LogP contribution is -2.40. The molecule has 0 aromatic carbocycles. The number of carboxylic acids is 1. The van der Waals surface area contributed by atoms with Crippen LogP contribution in [-0.4, -0.2) is 87.4 Å². The van der Waals surface area contributed by atoms with E-state index in [4.69, 9.17) is 18.9 Å². The smallest absolute Gasteiger partial charge is 0.361 e. The van der Waals surface area contributed by atoms with Gasteiger partial charge in [0.2, 0.25) is 0 Å². The van der Waals surface area contributed by atoms with Gasteiger partial charge in [-0.25, -0.2) is 4.79 Å². The Bertz CT molecular complexity index is 1740. The number of rotatable bonds is 59. The molecule has 0 aromatic rings. The number of aliphatic carboxylic acids is 1. The van der Waals surface area contributed by atoms with Crippen LogP contribution >= 0.6 is 0 Å². The Hall–Kier alpha value is -4.31. The van der Waals surface area contributed by atoms with Gasteiger partial charge in [-0.3, -0.25) is 9.59 Å². The number of nitrogens with zero attached hydrogens (tertiary/aromatic N) is 1. The number of hydrogen-bond donors (Lipinski definition) is 1. The number of carbonyl (C=O) groups is 3. The summed E-state index contributed by atoms with van der Waals surface area (Å²) in [6, 6.07) is 0. The second-order valence-electron chi connectivity index (χ2n) is 22.7. The molecule has 462 valence electrons. The number of allylic oxidation sites excluding steroid dienone is 20. The van der Waals surface area contributed by atoms with E-state index in [1.807, 2.05) is 21.1 Å². The Labute approximate surface area is 497 Å². The Balaban J connectivity index is 4.23. The van der Waals surface area contributed by atoms with Crippen LogP contribution in [0.2, 0.25) is 0 Å². The van der Waals surface area contributed by atoms with Crippen molar-refractivity contribution in [3.8, 4) is 0 Å². The van der Waals surface area contributed by atoms with Gasteiger partial charge >= 0.3 is 17.9 Å². The first-order chi connectivity index (χ1) is 39.6. The molecule has 1 N–H and O–H groups in total. The van der Waals surface area contributed by atoms with Gasteiger partial charge in [-0.2, -0.15) is 0 Å². The third kappa shape index (κ3) is 63.1. The summed E-state index contributed by atoms with van der Waals surface area (Å²) in [6.07, 6.45) is 84.3. The van der Waals surface area contributed by atoms with Gasteiger partial charge in [0.25, 0.3) is 6.29 Å². The standard InChI is InChI=1S/C72H121NO8/c1-6-8-10-12-14-16-18-20-22-24-26-28-30-31-32-33-34-35-36-37-38-39-41-43-45-47-49-51-53-55-57-59-61-63-70(75)81-68(67-80-72(71(76)77)78-65-64-73(3,4)5)66-79-69(74)62-60-58-56-54-52-50-48-46-44-42-40-29-27-25-23-21-19-17-15-13-11-9-7-2/h8,10,14,16,19-22,25-28,31-32,34-35,37-38,41,43,68,72H,6-7,9,11-13,15,17-18,23-24,29-30,33,36,39-40,42,44-67H2,1-5H3/p+1/b10-8-,16-14-,21-19-,22-20-,27-25-,28-26-,32-31-,35-34-,38-37-,43-41-. The Kier molecular flexibility index (Phi) is 58.5. The van der Waals surface area contributed by atoms with E-state index in [0.29, 0.717) is 23.9 Å². The van der Waals surface area contributed by atoms with Crippen LogP contribution < -0.4 is 0 Å². The predicted molar refractivity (Wildman–Crippen MR) is 345 cm³/mol. The van der Waals surface area contributed by atoms with Gasteiger partial charge in [0.05, 0.1) is 34.4 Å². The predicted octanol–water partition coefficient (Wildman–Crippen LogP) is 20.0. The van der Waals surface area contributed by atoms with E-state index in [2.05, 4.69) is 135 Å².